The van der Waals surface area contributed by atoms with E-state index in [2.05, 4.69) is 0 Å². The van der Waals surface area contributed by atoms with Gasteiger partial charge in [0.15, 0.2) is 21.2 Å². The minimum absolute atomic E-state index is 0.145. The van der Waals surface area contributed by atoms with E-state index >= 15 is 0 Å². The summed E-state index contributed by atoms with van der Waals surface area (Å²) in [5, 5.41) is 0.281. The maximum atomic E-state index is 13.7. The number of Topliss-reactive ketones (excluding diaryl/α,β-unsaturated/α-hetero) is 1. The van der Waals surface area contributed by atoms with Crippen LogP contribution in [0.25, 0.3) is 11.1 Å². The Kier molecular flexibility index (Phi) is 7.46. The van der Waals surface area contributed by atoms with Crippen LogP contribution in [-0.4, -0.2) is 56.1 Å². The first-order chi connectivity index (χ1) is 19.0. The normalized spacial score (nSPS) is 18.6. The van der Waals surface area contributed by atoms with Crippen molar-refractivity contribution >= 4 is 39.3 Å². The van der Waals surface area contributed by atoms with Crippen LogP contribution in [0.15, 0.2) is 71.6 Å². The number of sulfone groups is 1. The van der Waals surface area contributed by atoms with Gasteiger partial charge in [0.1, 0.15) is 12.5 Å². The highest BCUT2D eigenvalue weighted by atomic mass is 35.5. The average Bonchev–Trinajstić information content (AvgIpc) is 3.17. The lowest BCUT2D eigenvalue weighted by Crippen LogP contribution is -2.50. The molecule has 1 amide bonds. The predicted octanol–water partition coefficient (Wildman–Crippen LogP) is 5.10. The van der Waals surface area contributed by atoms with Crippen LogP contribution in [0.1, 0.15) is 35.4 Å². The minimum Gasteiger partial charge on any atom is -0.450 e. The van der Waals surface area contributed by atoms with Crippen molar-refractivity contribution in [1.29, 1.82) is 0 Å². The summed E-state index contributed by atoms with van der Waals surface area (Å²) in [6.07, 6.45) is 1.01. The lowest BCUT2D eigenvalue weighted by atomic mass is 9.80. The van der Waals surface area contributed by atoms with Crippen molar-refractivity contribution in [2.24, 2.45) is 0 Å². The zero-order valence-corrected chi connectivity index (χ0v) is 23.6. The number of nitrogens with zero attached hydrogens (tertiary/aromatic N) is 1. The van der Waals surface area contributed by atoms with Gasteiger partial charge in [-0.1, -0.05) is 54.1 Å². The molecule has 5 rings (SSSR count). The van der Waals surface area contributed by atoms with E-state index in [0.717, 1.165) is 11.8 Å². The summed E-state index contributed by atoms with van der Waals surface area (Å²) < 4.78 is 35.1. The first-order valence-corrected chi connectivity index (χ1v) is 15.1. The van der Waals surface area contributed by atoms with Crippen molar-refractivity contribution in [2.45, 2.75) is 42.8 Å². The molecule has 10 heteroatoms. The fraction of sp³-hybridized carbons (Fsp3) is 0.300. The third kappa shape index (κ3) is 5.36. The summed E-state index contributed by atoms with van der Waals surface area (Å²) in [5.74, 6) is -2.12. The number of ketones is 1. The lowest BCUT2D eigenvalue weighted by Gasteiger charge is -2.36. The number of halogens is 1. The predicted molar refractivity (Wildman–Crippen MR) is 149 cm³/mol. The lowest BCUT2D eigenvalue weighted by molar-refractivity contribution is -0.156. The van der Waals surface area contributed by atoms with Crippen molar-refractivity contribution in [3.05, 3.63) is 88.4 Å². The molecule has 0 saturated carbocycles. The Balaban J connectivity index is 1.31. The molecule has 208 valence electrons. The van der Waals surface area contributed by atoms with Gasteiger partial charge in [-0.3, -0.25) is 9.59 Å². The van der Waals surface area contributed by atoms with Crippen LogP contribution in [0, 0.1) is 6.92 Å². The van der Waals surface area contributed by atoms with E-state index in [1.165, 1.54) is 17.0 Å². The van der Waals surface area contributed by atoms with E-state index in [1.807, 2.05) is 30.3 Å². The van der Waals surface area contributed by atoms with E-state index in [4.69, 9.17) is 21.1 Å². The van der Waals surface area contributed by atoms with Gasteiger partial charge >= 0.3 is 12.1 Å². The monoisotopic (exact) mass is 581 g/mol. The SMILES string of the molecule is Cc1cc(-c2cccc(S(C)(=O)=O)c2)c(Cl)cc1C1C(=O)OC2(CCN(C(=O)OCc3ccccc3)CC2)C1=O. The molecule has 1 spiro atoms. The summed E-state index contributed by atoms with van der Waals surface area (Å²) in [5.41, 5.74) is 1.85. The van der Waals surface area contributed by atoms with Crippen LogP contribution < -0.4 is 0 Å². The number of piperidine rings is 1. The molecule has 1 atom stereocenters. The second-order valence-corrected chi connectivity index (χ2v) is 12.7. The molecule has 1 unspecified atom stereocenters. The summed E-state index contributed by atoms with van der Waals surface area (Å²) in [6.45, 7) is 2.35. The number of ether oxygens (including phenoxy) is 2. The highest BCUT2D eigenvalue weighted by Gasteiger charge is 2.57. The molecule has 0 N–H and O–H groups in total. The van der Waals surface area contributed by atoms with Gasteiger partial charge in [-0.2, -0.15) is 0 Å². The number of rotatable bonds is 5. The van der Waals surface area contributed by atoms with Gasteiger partial charge in [-0.15, -0.1) is 0 Å². The van der Waals surface area contributed by atoms with Crippen LogP contribution in [-0.2, 0) is 35.5 Å². The minimum atomic E-state index is -3.41. The van der Waals surface area contributed by atoms with E-state index in [9.17, 15) is 22.8 Å². The van der Waals surface area contributed by atoms with Gasteiger partial charge in [-0.05, 0) is 53.4 Å². The molecule has 0 aromatic heterocycles. The smallest absolute Gasteiger partial charge is 0.410 e. The molecule has 2 fully saturated rings. The fourth-order valence-electron chi connectivity index (χ4n) is 5.27. The Morgan fingerprint density at radius 3 is 2.42 bits per heavy atom. The molecule has 2 heterocycles. The van der Waals surface area contributed by atoms with Gasteiger partial charge in [0.05, 0.1) is 4.90 Å². The van der Waals surface area contributed by atoms with E-state index < -0.39 is 33.4 Å². The number of amides is 1. The molecule has 0 bridgehead atoms. The van der Waals surface area contributed by atoms with Crippen molar-refractivity contribution in [1.82, 2.24) is 4.90 Å². The molecule has 0 radical (unpaired) electrons. The maximum absolute atomic E-state index is 13.7. The third-order valence-electron chi connectivity index (χ3n) is 7.52. The molecular formula is C30H28ClNO7S. The number of likely N-dealkylation sites (tertiary alicyclic amines) is 1. The average molecular weight is 582 g/mol. The number of hydrogen-bond donors (Lipinski definition) is 0. The molecule has 2 saturated heterocycles. The van der Waals surface area contributed by atoms with Crippen LogP contribution in [0.2, 0.25) is 5.02 Å². The first-order valence-electron chi connectivity index (χ1n) is 12.8. The Labute approximate surface area is 237 Å². The Morgan fingerprint density at radius 1 is 1.05 bits per heavy atom. The molecule has 2 aliphatic heterocycles. The van der Waals surface area contributed by atoms with Crippen LogP contribution in [0.4, 0.5) is 4.79 Å². The van der Waals surface area contributed by atoms with E-state index in [1.54, 1.807) is 31.2 Å². The van der Waals surface area contributed by atoms with Gasteiger partial charge in [0.2, 0.25) is 0 Å². The summed E-state index contributed by atoms with van der Waals surface area (Å²) >= 11 is 6.61. The molecule has 8 nitrogen and oxygen atoms in total. The van der Waals surface area contributed by atoms with Gasteiger partial charge in [-0.25, -0.2) is 13.2 Å². The summed E-state index contributed by atoms with van der Waals surface area (Å²) in [4.78, 5) is 41.0. The van der Waals surface area contributed by atoms with Gasteiger partial charge < -0.3 is 14.4 Å². The highest BCUT2D eigenvalue weighted by Crippen LogP contribution is 2.43. The summed E-state index contributed by atoms with van der Waals surface area (Å²) in [6, 6.07) is 19.1. The molecule has 3 aromatic rings. The largest absolute Gasteiger partial charge is 0.450 e. The first kappa shape index (κ1) is 27.9. The van der Waals surface area contributed by atoms with E-state index in [0.29, 0.717) is 22.3 Å². The molecule has 3 aromatic carbocycles. The van der Waals surface area contributed by atoms with Gasteiger partial charge in [0.25, 0.3) is 0 Å². The third-order valence-corrected chi connectivity index (χ3v) is 8.94. The Bertz CT molecular complexity index is 1600. The molecule has 0 aliphatic carbocycles. The topological polar surface area (TPSA) is 107 Å². The number of carbonyl (C=O) groups is 3. The second kappa shape index (κ2) is 10.7. The Hall–Kier alpha value is -3.69. The van der Waals surface area contributed by atoms with Crippen LogP contribution >= 0.6 is 11.6 Å². The van der Waals surface area contributed by atoms with Crippen molar-refractivity contribution in [2.75, 3.05) is 19.3 Å². The number of carbonyl (C=O) groups excluding carboxylic acids is 3. The van der Waals surface area contributed by atoms with E-state index in [-0.39, 0.29) is 48.2 Å². The van der Waals surface area contributed by atoms with Crippen LogP contribution in [0.3, 0.4) is 0 Å². The maximum Gasteiger partial charge on any atom is 0.410 e. The van der Waals surface area contributed by atoms with Crippen molar-refractivity contribution in [3.8, 4) is 11.1 Å². The van der Waals surface area contributed by atoms with Crippen molar-refractivity contribution < 1.29 is 32.3 Å². The zero-order chi connectivity index (χ0) is 28.7. The molecule has 40 heavy (non-hydrogen) atoms. The fourth-order valence-corrected chi connectivity index (χ4v) is 6.22. The number of benzene rings is 3. The number of esters is 1. The van der Waals surface area contributed by atoms with Crippen molar-refractivity contribution in [3.63, 3.8) is 0 Å². The van der Waals surface area contributed by atoms with Gasteiger partial charge in [0, 0.05) is 42.8 Å². The molecule has 2 aliphatic rings. The highest BCUT2D eigenvalue weighted by molar-refractivity contribution is 7.90. The number of aryl methyl sites for hydroxylation is 1. The molecular weight excluding hydrogens is 554 g/mol. The van der Waals surface area contributed by atoms with Crippen LogP contribution in [0.5, 0.6) is 0 Å². The standard InChI is InChI=1S/C30H28ClNO7S/c1-19-15-24(21-9-6-10-22(16-21)40(2,36)37)25(31)17-23(19)26-27(33)30(39-28(26)34)11-13-32(14-12-30)29(35)38-18-20-7-4-3-5-8-20/h3-10,15-17,26H,11-14,18H2,1-2H3. The quantitative estimate of drug-likeness (QED) is 0.305. The Morgan fingerprint density at radius 2 is 1.75 bits per heavy atom. The number of hydrogen-bond acceptors (Lipinski definition) is 7. The summed E-state index contributed by atoms with van der Waals surface area (Å²) in [7, 11) is -3.41. The second-order valence-electron chi connectivity index (χ2n) is 10.2. The zero-order valence-electron chi connectivity index (χ0n) is 22.1.